The number of carbonyl (C=O) groups is 1. The van der Waals surface area contributed by atoms with Crippen LogP contribution in [0.25, 0.3) is 0 Å². The fraction of sp³-hybridized carbons (Fsp3) is 0.900. The zero-order chi connectivity index (χ0) is 11.5. The number of carbonyl (C=O) groups excluding carboxylic acids is 1. The normalized spacial score (nSPS) is 14.3. The second-order valence-corrected chi connectivity index (χ2v) is 4.65. The molecule has 1 unspecified atom stereocenters. The van der Waals surface area contributed by atoms with Crippen molar-refractivity contribution in [3.63, 3.8) is 0 Å². The fourth-order valence-electron chi connectivity index (χ4n) is 1.20. The van der Waals surface area contributed by atoms with Gasteiger partial charge in [-0.25, -0.2) is 0 Å². The van der Waals surface area contributed by atoms with Gasteiger partial charge in [0.2, 0.25) is 5.91 Å². The first-order valence-electron chi connectivity index (χ1n) is 4.79. The summed E-state index contributed by atoms with van der Waals surface area (Å²) < 4.78 is 0. The van der Waals surface area contributed by atoms with E-state index >= 15 is 0 Å². The molecule has 0 aliphatic rings. The Morgan fingerprint density at radius 3 is 2.07 bits per heavy atom. The molecule has 84 valence electrons. The predicted molar refractivity (Wildman–Crippen MR) is 57.1 cm³/mol. The summed E-state index contributed by atoms with van der Waals surface area (Å²) in [4.78, 5) is 15.1. The first-order valence-corrected chi connectivity index (χ1v) is 4.79. The lowest BCUT2D eigenvalue weighted by Gasteiger charge is -2.29. The Morgan fingerprint density at radius 1 is 1.36 bits per heavy atom. The molecule has 1 amide bonds. The van der Waals surface area contributed by atoms with Crippen molar-refractivity contribution in [2.24, 2.45) is 0 Å². The summed E-state index contributed by atoms with van der Waals surface area (Å²) in [5.41, 5.74) is -0.837. The third-order valence-corrected chi connectivity index (χ3v) is 2.13. The van der Waals surface area contributed by atoms with Crippen LogP contribution in [-0.2, 0) is 4.79 Å². The highest BCUT2D eigenvalue weighted by Gasteiger charge is 2.23. The zero-order valence-electron chi connectivity index (χ0n) is 10.0. The van der Waals surface area contributed by atoms with Crippen molar-refractivity contribution < 1.29 is 9.90 Å². The molecule has 0 heterocycles. The van der Waals surface area contributed by atoms with E-state index in [4.69, 9.17) is 0 Å². The smallest absolute Gasteiger partial charge is 0.239 e. The predicted octanol–water partition coefficient (Wildman–Crippen LogP) is 0.166. The van der Waals surface area contributed by atoms with E-state index in [0.29, 0.717) is 6.54 Å². The average Bonchev–Trinajstić information content (AvgIpc) is 1.98. The van der Waals surface area contributed by atoms with Gasteiger partial charge >= 0.3 is 0 Å². The molecule has 0 aromatic rings. The molecule has 0 saturated carbocycles. The molecule has 0 aliphatic heterocycles. The van der Waals surface area contributed by atoms with E-state index in [1.54, 1.807) is 25.8 Å². The Morgan fingerprint density at radius 2 is 1.79 bits per heavy atom. The monoisotopic (exact) mass is 202 g/mol. The van der Waals surface area contributed by atoms with Crippen LogP contribution in [0.15, 0.2) is 0 Å². The van der Waals surface area contributed by atoms with Crippen LogP contribution in [0.5, 0.6) is 0 Å². The van der Waals surface area contributed by atoms with E-state index in [0.717, 1.165) is 0 Å². The van der Waals surface area contributed by atoms with Crippen LogP contribution in [0.2, 0.25) is 0 Å². The minimum absolute atomic E-state index is 0.0251. The van der Waals surface area contributed by atoms with E-state index in [9.17, 15) is 9.90 Å². The molecule has 0 bridgehead atoms. The number of amides is 1. The van der Waals surface area contributed by atoms with Crippen LogP contribution in [-0.4, -0.2) is 60.1 Å². The highest BCUT2D eigenvalue weighted by Crippen LogP contribution is 2.05. The van der Waals surface area contributed by atoms with Gasteiger partial charge in [0.1, 0.15) is 0 Å². The first kappa shape index (κ1) is 13.4. The van der Waals surface area contributed by atoms with E-state index in [-0.39, 0.29) is 11.9 Å². The highest BCUT2D eigenvalue weighted by molar-refractivity contribution is 5.81. The second kappa shape index (κ2) is 4.75. The van der Waals surface area contributed by atoms with Crippen LogP contribution in [0.3, 0.4) is 0 Å². The summed E-state index contributed by atoms with van der Waals surface area (Å²) in [6, 6.07) is -0.151. The molecule has 0 aromatic carbocycles. The number of rotatable bonds is 4. The molecule has 4 nitrogen and oxygen atoms in total. The van der Waals surface area contributed by atoms with Crippen LogP contribution >= 0.6 is 0 Å². The van der Waals surface area contributed by atoms with Crippen LogP contribution in [0, 0.1) is 0 Å². The Bertz CT molecular complexity index is 197. The summed E-state index contributed by atoms with van der Waals surface area (Å²) in [6.07, 6.45) is 0. The van der Waals surface area contributed by atoms with E-state index < -0.39 is 5.60 Å². The third kappa shape index (κ3) is 4.58. The Balaban J connectivity index is 4.26. The molecule has 0 aliphatic carbocycles. The summed E-state index contributed by atoms with van der Waals surface area (Å²) in [7, 11) is 5.43. The van der Waals surface area contributed by atoms with Crippen LogP contribution < -0.4 is 0 Å². The van der Waals surface area contributed by atoms with E-state index in [2.05, 4.69) is 0 Å². The molecule has 0 saturated heterocycles. The fourth-order valence-corrected chi connectivity index (χ4v) is 1.20. The molecule has 14 heavy (non-hydrogen) atoms. The van der Waals surface area contributed by atoms with Crippen molar-refractivity contribution in [2.75, 3.05) is 27.7 Å². The minimum atomic E-state index is -0.837. The quantitative estimate of drug-likeness (QED) is 0.706. The SMILES string of the molecule is CC(C(=O)N(C)CC(C)(C)O)N(C)C. The largest absolute Gasteiger partial charge is 0.389 e. The van der Waals surface area contributed by atoms with Crippen molar-refractivity contribution in [3.05, 3.63) is 0 Å². The Hall–Kier alpha value is -0.610. The van der Waals surface area contributed by atoms with Gasteiger partial charge < -0.3 is 10.0 Å². The molecular weight excluding hydrogens is 180 g/mol. The maximum atomic E-state index is 11.7. The summed E-state index contributed by atoms with van der Waals surface area (Å²) in [6.45, 7) is 5.58. The van der Waals surface area contributed by atoms with Gasteiger partial charge in [0.05, 0.1) is 11.6 Å². The number of hydrogen-bond acceptors (Lipinski definition) is 3. The third-order valence-electron chi connectivity index (χ3n) is 2.13. The lowest BCUT2D eigenvalue weighted by molar-refractivity contribution is -0.136. The van der Waals surface area contributed by atoms with Crippen molar-refractivity contribution in [2.45, 2.75) is 32.4 Å². The molecule has 0 radical (unpaired) electrons. The van der Waals surface area contributed by atoms with Crippen LogP contribution in [0.4, 0.5) is 0 Å². The molecule has 0 fully saturated rings. The highest BCUT2D eigenvalue weighted by atomic mass is 16.3. The van der Waals surface area contributed by atoms with Gasteiger partial charge in [0.25, 0.3) is 0 Å². The van der Waals surface area contributed by atoms with Gasteiger partial charge in [-0.3, -0.25) is 9.69 Å². The number of nitrogens with zero attached hydrogens (tertiary/aromatic N) is 2. The van der Waals surface area contributed by atoms with Crippen molar-refractivity contribution in [1.29, 1.82) is 0 Å². The second-order valence-electron chi connectivity index (χ2n) is 4.65. The number of aliphatic hydroxyl groups is 1. The van der Waals surface area contributed by atoms with E-state index in [1.165, 1.54) is 0 Å². The summed E-state index contributed by atoms with van der Waals surface area (Å²) in [5, 5.41) is 9.55. The van der Waals surface area contributed by atoms with Crippen LogP contribution in [0.1, 0.15) is 20.8 Å². The molecule has 4 heteroatoms. The van der Waals surface area contributed by atoms with Crippen molar-refractivity contribution >= 4 is 5.91 Å². The van der Waals surface area contributed by atoms with Gasteiger partial charge in [0, 0.05) is 13.6 Å². The topological polar surface area (TPSA) is 43.8 Å². The molecular formula is C10H22N2O2. The van der Waals surface area contributed by atoms with Gasteiger partial charge in [-0.1, -0.05) is 0 Å². The van der Waals surface area contributed by atoms with E-state index in [1.807, 2.05) is 25.9 Å². The lowest BCUT2D eigenvalue weighted by Crippen LogP contribution is -2.47. The van der Waals surface area contributed by atoms with Gasteiger partial charge in [0.15, 0.2) is 0 Å². The number of hydrogen-bond donors (Lipinski definition) is 1. The lowest BCUT2D eigenvalue weighted by atomic mass is 10.1. The molecule has 0 spiro atoms. The zero-order valence-corrected chi connectivity index (χ0v) is 10.0. The molecule has 1 N–H and O–H groups in total. The molecule has 0 rings (SSSR count). The Kier molecular flexibility index (Phi) is 4.55. The standard InChI is InChI=1S/C10H22N2O2/c1-8(11(4)5)9(13)12(6)7-10(2,3)14/h8,14H,7H2,1-6H3. The first-order chi connectivity index (χ1) is 6.15. The molecule has 0 aromatic heterocycles. The average molecular weight is 202 g/mol. The number of likely N-dealkylation sites (N-methyl/N-ethyl adjacent to an activating group) is 2. The van der Waals surface area contributed by atoms with Gasteiger partial charge in [-0.2, -0.15) is 0 Å². The van der Waals surface area contributed by atoms with Gasteiger partial charge in [-0.05, 0) is 34.9 Å². The maximum absolute atomic E-state index is 11.7. The summed E-state index contributed by atoms with van der Waals surface area (Å²) >= 11 is 0. The minimum Gasteiger partial charge on any atom is -0.389 e. The van der Waals surface area contributed by atoms with Crippen molar-refractivity contribution in [1.82, 2.24) is 9.80 Å². The Labute approximate surface area is 86.5 Å². The molecule has 1 atom stereocenters. The summed E-state index contributed by atoms with van der Waals surface area (Å²) in [5.74, 6) is 0.0251. The maximum Gasteiger partial charge on any atom is 0.239 e. The van der Waals surface area contributed by atoms with Gasteiger partial charge in [-0.15, -0.1) is 0 Å². The van der Waals surface area contributed by atoms with Crippen molar-refractivity contribution in [3.8, 4) is 0 Å².